The fraction of sp³-hybridized carbons (Fsp3) is 0.571. The third-order valence-electron chi connectivity index (χ3n) is 3.91. The molecule has 3 heteroatoms. The van der Waals surface area contributed by atoms with E-state index in [4.69, 9.17) is 16.3 Å². The van der Waals surface area contributed by atoms with Crippen LogP contribution in [0, 0.1) is 5.92 Å². The lowest BCUT2D eigenvalue weighted by atomic mass is 9.91. The molecule has 2 unspecified atom stereocenters. The van der Waals surface area contributed by atoms with Gasteiger partial charge in [0.15, 0.2) is 0 Å². The standard InChI is InChI=1S/C14H20ClNO/c1-4-10-8-14(10,9-16-2)12-7-11(15)5-6-13(12)17-3/h5-7,10,16H,4,8-9H2,1-3H3. The Kier molecular flexibility index (Phi) is 3.64. The van der Waals surface area contributed by atoms with E-state index in [0.717, 1.165) is 23.2 Å². The summed E-state index contributed by atoms with van der Waals surface area (Å²) in [5.41, 5.74) is 1.48. The first-order valence-corrected chi connectivity index (χ1v) is 6.54. The second kappa shape index (κ2) is 4.87. The summed E-state index contributed by atoms with van der Waals surface area (Å²) in [6.07, 6.45) is 2.43. The zero-order valence-electron chi connectivity index (χ0n) is 10.7. The zero-order chi connectivity index (χ0) is 12.5. The van der Waals surface area contributed by atoms with Gasteiger partial charge in [0, 0.05) is 22.5 Å². The van der Waals surface area contributed by atoms with Crippen molar-refractivity contribution in [3.8, 4) is 5.75 Å². The van der Waals surface area contributed by atoms with Crippen molar-refractivity contribution in [1.29, 1.82) is 0 Å². The molecule has 0 amide bonds. The fourth-order valence-corrected chi connectivity index (χ4v) is 3.11. The van der Waals surface area contributed by atoms with E-state index < -0.39 is 0 Å². The van der Waals surface area contributed by atoms with Crippen molar-refractivity contribution in [2.45, 2.75) is 25.2 Å². The van der Waals surface area contributed by atoms with Crippen LogP contribution in [0.15, 0.2) is 18.2 Å². The Balaban J connectivity index is 2.40. The average Bonchev–Trinajstić information content (AvgIpc) is 3.04. The maximum Gasteiger partial charge on any atom is 0.122 e. The number of nitrogens with one attached hydrogen (secondary N) is 1. The van der Waals surface area contributed by atoms with Crippen molar-refractivity contribution in [3.05, 3.63) is 28.8 Å². The Morgan fingerprint density at radius 2 is 2.29 bits per heavy atom. The van der Waals surface area contributed by atoms with Crippen LogP contribution in [-0.4, -0.2) is 20.7 Å². The first-order valence-electron chi connectivity index (χ1n) is 6.16. The van der Waals surface area contributed by atoms with E-state index in [1.54, 1.807) is 7.11 Å². The molecule has 0 heterocycles. The van der Waals surface area contributed by atoms with Gasteiger partial charge < -0.3 is 10.1 Å². The Labute approximate surface area is 108 Å². The number of ether oxygens (including phenoxy) is 1. The monoisotopic (exact) mass is 253 g/mol. The molecule has 2 atom stereocenters. The molecule has 0 aliphatic heterocycles. The van der Waals surface area contributed by atoms with E-state index in [1.165, 1.54) is 18.4 Å². The summed E-state index contributed by atoms with van der Waals surface area (Å²) in [6, 6.07) is 5.92. The van der Waals surface area contributed by atoms with Crippen molar-refractivity contribution in [1.82, 2.24) is 5.32 Å². The summed E-state index contributed by atoms with van der Waals surface area (Å²) in [6.45, 7) is 3.24. The molecule has 1 N–H and O–H groups in total. The van der Waals surface area contributed by atoms with Gasteiger partial charge in [-0.3, -0.25) is 0 Å². The van der Waals surface area contributed by atoms with Gasteiger partial charge in [-0.1, -0.05) is 24.9 Å². The molecule has 0 saturated heterocycles. The maximum atomic E-state index is 6.12. The van der Waals surface area contributed by atoms with Gasteiger partial charge >= 0.3 is 0 Å². The zero-order valence-corrected chi connectivity index (χ0v) is 11.5. The Morgan fingerprint density at radius 3 is 2.82 bits per heavy atom. The number of benzene rings is 1. The molecular formula is C14H20ClNO. The number of hydrogen-bond acceptors (Lipinski definition) is 2. The van der Waals surface area contributed by atoms with E-state index in [-0.39, 0.29) is 5.41 Å². The van der Waals surface area contributed by atoms with Crippen molar-refractivity contribution >= 4 is 11.6 Å². The molecule has 0 spiro atoms. The van der Waals surface area contributed by atoms with Gasteiger partial charge in [0.25, 0.3) is 0 Å². The molecule has 1 fully saturated rings. The highest BCUT2D eigenvalue weighted by molar-refractivity contribution is 6.30. The van der Waals surface area contributed by atoms with E-state index in [0.29, 0.717) is 0 Å². The Bertz CT molecular complexity index is 407. The predicted octanol–water partition coefficient (Wildman–Crippen LogP) is 3.24. The van der Waals surface area contributed by atoms with E-state index in [9.17, 15) is 0 Å². The predicted molar refractivity (Wildman–Crippen MR) is 72.0 cm³/mol. The van der Waals surface area contributed by atoms with Gasteiger partial charge in [-0.25, -0.2) is 0 Å². The molecule has 94 valence electrons. The molecule has 1 aromatic carbocycles. The van der Waals surface area contributed by atoms with Crippen molar-refractivity contribution < 1.29 is 4.74 Å². The highest BCUT2D eigenvalue weighted by atomic mass is 35.5. The van der Waals surface area contributed by atoms with Crippen LogP contribution in [0.25, 0.3) is 0 Å². The molecule has 2 rings (SSSR count). The number of likely N-dealkylation sites (N-methyl/N-ethyl adjacent to an activating group) is 1. The Hall–Kier alpha value is -0.730. The average molecular weight is 254 g/mol. The van der Waals surface area contributed by atoms with Crippen LogP contribution in [-0.2, 0) is 5.41 Å². The summed E-state index contributed by atoms with van der Waals surface area (Å²) in [5, 5.41) is 4.10. The number of methoxy groups -OCH3 is 1. The van der Waals surface area contributed by atoms with Crippen LogP contribution >= 0.6 is 11.6 Å². The summed E-state index contributed by atoms with van der Waals surface area (Å²) < 4.78 is 5.48. The van der Waals surface area contributed by atoms with Crippen LogP contribution in [0.1, 0.15) is 25.3 Å². The molecule has 0 aromatic heterocycles. The topological polar surface area (TPSA) is 21.3 Å². The lowest BCUT2D eigenvalue weighted by Crippen LogP contribution is -2.26. The summed E-state index contributed by atoms with van der Waals surface area (Å²) in [5.74, 6) is 1.70. The number of halogens is 1. The highest BCUT2D eigenvalue weighted by Gasteiger charge is 2.54. The van der Waals surface area contributed by atoms with Crippen LogP contribution < -0.4 is 10.1 Å². The lowest BCUT2D eigenvalue weighted by Gasteiger charge is -2.20. The van der Waals surface area contributed by atoms with Gasteiger partial charge in [-0.2, -0.15) is 0 Å². The second-order valence-electron chi connectivity index (χ2n) is 4.84. The third kappa shape index (κ3) is 2.16. The fourth-order valence-electron chi connectivity index (χ4n) is 2.94. The molecule has 1 saturated carbocycles. The van der Waals surface area contributed by atoms with Crippen LogP contribution in [0.4, 0.5) is 0 Å². The molecule has 1 aliphatic carbocycles. The van der Waals surface area contributed by atoms with Gasteiger partial charge in [-0.15, -0.1) is 0 Å². The lowest BCUT2D eigenvalue weighted by molar-refractivity contribution is 0.399. The summed E-state index contributed by atoms with van der Waals surface area (Å²) in [7, 11) is 3.73. The molecule has 0 radical (unpaired) electrons. The van der Waals surface area contributed by atoms with Gasteiger partial charge in [0.2, 0.25) is 0 Å². The maximum absolute atomic E-state index is 6.12. The van der Waals surface area contributed by atoms with Crippen molar-refractivity contribution in [2.24, 2.45) is 5.92 Å². The largest absolute Gasteiger partial charge is 0.496 e. The normalized spacial score (nSPS) is 26.9. The van der Waals surface area contributed by atoms with Gasteiger partial charge in [0.05, 0.1) is 7.11 Å². The minimum absolute atomic E-state index is 0.222. The number of hydrogen-bond donors (Lipinski definition) is 1. The third-order valence-corrected chi connectivity index (χ3v) is 4.15. The van der Waals surface area contributed by atoms with E-state index >= 15 is 0 Å². The van der Waals surface area contributed by atoms with E-state index in [2.05, 4.69) is 18.3 Å². The second-order valence-corrected chi connectivity index (χ2v) is 5.28. The van der Waals surface area contributed by atoms with Gasteiger partial charge in [-0.05, 0) is 37.6 Å². The molecule has 17 heavy (non-hydrogen) atoms. The first-order chi connectivity index (χ1) is 8.17. The molecule has 0 bridgehead atoms. The molecule has 2 nitrogen and oxygen atoms in total. The van der Waals surface area contributed by atoms with Crippen LogP contribution in [0.2, 0.25) is 5.02 Å². The summed E-state index contributed by atoms with van der Waals surface area (Å²) in [4.78, 5) is 0. The van der Waals surface area contributed by atoms with Crippen LogP contribution in [0.5, 0.6) is 5.75 Å². The minimum atomic E-state index is 0.222. The highest BCUT2D eigenvalue weighted by Crippen LogP contribution is 2.58. The Morgan fingerprint density at radius 1 is 1.53 bits per heavy atom. The quantitative estimate of drug-likeness (QED) is 0.870. The van der Waals surface area contributed by atoms with Crippen molar-refractivity contribution in [3.63, 3.8) is 0 Å². The molecule has 1 aliphatic rings. The molecular weight excluding hydrogens is 234 g/mol. The van der Waals surface area contributed by atoms with E-state index in [1.807, 2.05) is 19.2 Å². The minimum Gasteiger partial charge on any atom is -0.496 e. The molecule has 1 aromatic rings. The first kappa shape index (κ1) is 12.7. The number of rotatable bonds is 5. The van der Waals surface area contributed by atoms with Crippen LogP contribution in [0.3, 0.4) is 0 Å². The van der Waals surface area contributed by atoms with Gasteiger partial charge in [0.1, 0.15) is 5.75 Å². The van der Waals surface area contributed by atoms with Crippen molar-refractivity contribution in [2.75, 3.05) is 20.7 Å². The summed E-state index contributed by atoms with van der Waals surface area (Å²) >= 11 is 6.12. The SMILES string of the molecule is CCC1CC1(CNC)c1cc(Cl)ccc1OC. The smallest absolute Gasteiger partial charge is 0.122 e.